The average molecular weight is 404 g/mol. The molecular weight excluding hydrogens is 377 g/mol. The fraction of sp³-hybridized carbons (Fsp3) is 0.565. The average Bonchev–Trinajstić information content (AvgIpc) is 3.06. The molecule has 0 amide bonds. The van der Waals surface area contributed by atoms with Gasteiger partial charge in [-0.1, -0.05) is 23.2 Å². The molecule has 1 aromatic heterocycles. The molecule has 1 N–H and O–H groups in total. The first-order valence-electron chi connectivity index (χ1n) is 10.3. The molecule has 144 valence electrons. The van der Waals surface area contributed by atoms with Crippen molar-refractivity contribution in [3.63, 3.8) is 0 Å². The van der Waals surface area contributed by atoms with Gasteiger partial charge in [0.1, 0.15) is 11.5 Å². The van der Waals surface area contributed by atoms with E-state index in [1.54, 1.807) is 6.07 Å². The van der Waals surface area contributed by atoms with Gasteiger partial charge in [0.15, 0.2) is 0 Å². The Kier molecular flexibility index (Phi) is 4.57. The zero-order valence-corrected chi connectivity index (χ0v) is 17.3. The second kappa shape index (κ2) is 6.83. The third-order valence-electron chi connectivity index (χ3n) is 7.40. The summed E-state index contributed by atoms with van der Waals surface area (Å²) in [7, 11) is 0. The highest BCUT2D eigenvalue weighted by Gasteiger charge is 2.52. The first-order chi connectivity index (χ1) is 13.0. The number of benzene rings is 1. The van der Waals surface area contributed by atoms with Crippen LogP contribution in [-0.2, 0) is 6.54 Å². The first kappa shape index (κ1) is 18.1. The highest BCUT2D eigenvalue weighted by molar-refractivity contribution is 6.35. The molecule has 2 nitrogen and oxygen atoms in total. The topological polar surface area (TPSA) is 25.2 Å². The summed E-state index contributed by atoms with van der Waals surface area (Å²) in [5.74, 6) is 4.76. The maximum Gasteiger partial charge on any atom is 0.134 e. The molecule has 4 aliphatic rings. The Labute approximate surface area is 171 Å². The first-order valence-corrected chi connectivity index (χ1v) is 11.0. The summed E-state index contributed by atoms with van der Waals surface area (Å²) in [6.07, 6.45) is 8.77. The van der Waals surface area contributed by atoms with Crippen molar-refractivity contribution in [3.8, 4) is 11.3 Å². The molecule has 4 heteroatoms. The minimum Gasteiger partial charge on any atom is -0.460 e. The summed E-state index contributed by atoms with van der Waals surface area (Å²) in [6.45, 7) is 3.17. The quantitative estimate of drug-likeness (QED) is 0.583. The van der Waals surface area contributed by atoms with Gasteiger partial charge in [-0.3, -0.25) is 0 Å². The van der Waals surface area contributed by atoms with E-state index in [4.69, 9.17) is 27.6 Å². The summed E-state index contributed by atoms with van der Waals surface area (Å²) in [6, 6.07) is 10.1. The van der Waals surface area contributed by atoms with Gasteiger partial charge in [-0.15, -0.1) is 0 Å². The molecular formula is C23H27Cl2NO. The number of hydrogen-bond donors (Lipinski definition) is 1. The van der Waals surface area contributed by atoms with E-state index in [1.807, 2.05) is 18.2 Å². The van der Waals surface area contributed by atoms with Crippen molar-refractivity contribution in [3.05, 3.63) is 46.1 Å². The van der Waals surface area contributed by atoms with E-state index in [0.717, 1.165) is 41.4 Å². The minimum atomic E-state index is 0.519. The third-order valence-corrected chi connectivity index (χ3v) is 7.83. The van der Waals surface area contributed by atoms with Gasteiger partial charge in [-0.25, -0.2) is 0 Å². The van der Waals surface area contributed by atoms with Gasteiger partial charge in [0.05, 0.1) is 6.54 Å². The Balaban J connectivity index is 1.26. The molecule has 0 saturated heterocycles. The Hall–Kier alpha value is -0.960. The second-order valence-electron chi connectivity index (χ2n) is 9.31. The van der Waals surface area contributed by atoms with Gasteiger partial charge >= 0.3 is 0 Å². The van der Waals surface area contributed by atoms with Gasteiger partial charge < -0.3 is 9.73 Å². The number of hydrogen-bond acceptors (Lipinski definition) is 2. The molecule has 4 aliphatic carbocycles. The number of halogens is 2. The van der Waals surface area contributed by atoms with Crippen molar-refractivity contribution in [1.82, 2.24) is 5.32 Å². The summed E-state index contributed by atoms with van der Waals surface area (Å²) < 4.78 is 6.07. The Bertz CT molecular complexity index is 787. The molecule has 6 rings (SSSR count). The van der Waals surface area contributed by atoms with Crippen molar-refractivity contribution in [2.24, 2.45) is 23.2 Å². The van der Waals surface area contributed by atoms with Gasteiger partial charge in [0.25, 0.3) is 0 Å². The lowest BCUT2D eigenvalue weighted by Crippen LogP contribution is -2.54. The second-order valence-corrected chi connectivity index (χ2v) is 10.2. The molecule has 0 aliphatic heterocycles. The molecule has 1 atom stereocenters. The van der Waals surface area contributed by atoms with E-state index in [2.05, 4.69) is 18.3 Å². The van der Waals surface area contributed by atoms with E-state index in [-0.39, 0.29) is 0 Å². The van der Waals surface area contributed by atoms with Gasteiger partial charge in [-0.2, -0.15) is 0 Å². The highest BCUT2D eigenvalue weighted by atomic mass is 35.5. The van der Waals surface area contributed by atoms with E-state index >= 15 is 0 Å². The van der Waals surface area contributed by atoms with Crippen LogP contribution in [0.5, 0.6) is 0 Å². The lowest BCUT2D eigenvalue weighted by Gasteiger charge is -2.59. The third kappa shape index (κ3) is 3.45. The van der Waals surface area contributed by atoms with Crippen LogP contribution in [0.15, 0.2) is 34.7 Å². The van der Waals surface area contributed by atoms with E-state index in [9.17, 15) is 0 Å². The van der Waals surface area contributed by atoms with Crippen molar-refractivity contribution < 1.29 is 4.42 Å². The van der Waals surface area contributed by atoms with Crippen molar-refractivity contribution in [2.45, 2.75) is 58.0 Å². The molecule has 1 heterocycles. The maximum absolute atomic E-state index is 6.12. The van der Waals surface area contributed by atoms with E-state index in [1.165, 1.54) is 38.5 Å². The zero-order chi connectivity index (χ0) is 18.6. The van der Waals surface area contributed by atoms with Crippen LogP contribution < -0.4 is 5.32 Å². The maximum atomic E-state index is 6.12. The van der Waals surface area contributed by atoms with Crippen molar-refractivity contribution in [2.75, 3.05) is 0 Å². The summed E-state index contributed by atoms with van der Waals surface area (Å²) in [5, 5.41) is 5.06. The molecule has 0 unspecified atom stereocenters. The Morgan fingerprint density at radius 2 is 1.59 bits per heavy atom. The van der Waals surface area contributed by atoms with Crippen LogP contribution in [0.25, 0.3) is 11.3 Å². The smallest absolute Gasteiger partial charge is 0.134 e. The zero-order valence-electron chi connectivity index (χ0n) is 15.8. The fourth-order valence-corrected chi connectivity index (χ4v) is 7.03. The number of nitrogens with one attached hydrogen (secondary N) is 1. The largest absolute Gasteiger partial charge is 0.460 e. The molecule has 2 aromatic rings. The summed E-state index contributed by atoms with van der Waals surface area (Å²) in [4.78, 5) is 0. The van der Waals surface area contributed by atoms with Crippen LogP contribution in [-0.4, -0.2) is 6.04 Å². The standard InChI is InChI=1S/C23H27Cl2NO/c1-14(23-10-15-4-16(11-23)6-17(5-15)12-23)26-13-21-2-3-22(27-21)18-7-19(24)9-20(25)8-18/h2-3,7-9,14-17,26H,4-6,10-13H2,1H3/t14-,15?,16?,17?,23?/m0/s1. The van der Waals surface area contributed by atoms with E-state index in [0.29, 0.717) is 21.5 Å². The van der Waals surface area contributed by atoms with Gasteiger partial charge in [0, 0.05) is 21.7 Å². The van der Waals surface area contributed by atoms with Crippen LogP contribution in [0.4, 0.5) is 0 Å². The Morgan fingerprint density at radius 3 is 2.19 bits per heavy atom. The minimum absolute atomic E-state index is 0.519. The predicted octanol–water partition coefficient (Wildman–Crippen LogP) is 6.95. The normalized spacial score (nSPS) is 32.8. The highest BCUT2D eigenvalue weighted by Crippen LogP contribution is 2.61. The summed E-state index contributed by atoms with van der Waals surface area (Å²) in [5.41, 5.74) is 1.44. The number of furan rings is 1. The van der Waals surface area contributed by atoms with Crippen LogP contribution in [0.1, 0.15) is 51.2 Å². The molecule has 0 spiro atoms. The predicted molar refractivity (Wildman–Crippen MR) is 111 cm³/mol. The van der Waals surface area contributed by atoms with Gasteiger partial charge in [0.2, 0.25) is 0 Å². The lowest BCUT2D eigenvalue weighted by molar-refractivity contribution is -0.0708. The SMILES string of the molecule is C[C@H](NCc1ccc(-c2cc(Cl)cc(Cl)c2)o1)C12CC3CC(CC(C3)C1)C2. The van der Waals surface area contributed by atoms with Crippen LogP contribution in [0.2, 0.25) is 10.0 Å². The molecule has 27 heavy (non-hydrogen) atoms. The van der Waals surface area contributed by atoms with Crippen LogP contribution in [0.3, 0.4) is 0 Å². The monoisotopic (exact) mass is 403 g/mol. The molecule has 1 aromatic carbocycles. The lowest BCUT2D eigenvalue weighted by atomic mass is 9.48. The van der Waals surface area contributed by atoms with Crippen molar-refractivity contribution >= 4 is 23.2 Å². The molecule has 4 fully saturated rings. The van der Waals surface area contributed by atoms with Crippen LogP contribution in [0, 0.1) is 23.2 Å². The van der Waals surface area contributed by atoms with Gasteiger partial charge in [-0.05, 0) is 98.9 Å². The van der Waals surface area contributed by atoms with E-state index < -0.39 is 0 Å². The van der Waals surface area contributed by atoms with Crippen LogP contribution >= 0.6 is 23.2 Å². The number of rotatable bonds is 5. The fourth-order valence-electron chi connectivity index (χ4n) is 6.50. The molecule has 4 bridgehead atoms. The summed E-state index contributed by atoms with van der Waals surface area (Å²) >= 11 is 12.2. The molecule has 0 radical (unpaired) electrons. The van der Waals surface area contributed by atoms with Crippen molar-refractivity contribution in [1.29, 1.82) is 0 Å². The Morgan fingerprint density at radius 1 is 1.00 bits per heavy atom. The molecule has 4 saturated carbocycles.